The summed E-state index contributed by atoms with van der Waals surface area (Å²) in [6.45, 7) is 0. The lowest BCUT2D eigenvalue weighted by molar-refractivity contribution is -0.118. The van der Waals surface area contributed by atoms with Crippen LogP contribution in [0.25, 0.3) is 0 Å². The highest BCUT2D eigenvalue weighted by molar-refractivity contribution is 7.98. The van der Waals surface area contributed by atoms with E-state index in [0.717, 1.165) is 0 Å². The summed E-state index contributed by atoms with van der Waals surface area (Å²) in [6.07, 6.45) is 2.39. The first kappa shape index (κ1) is 19.7. The first-order valence-corrected chi connectivity index (χ1v) is 9.48. The molecule has 2 aromatic rings. The lowest BCUT2D eigenvalue weighted by Crippen LogP contribution is -2.44. The molecule has 138 valence electrons. The monoisotopic (exact) mass is 374 g/mol. The SMILES string of the molecule is COc1ccccc1C(=O)NC(CCSC)C(=O)Nc1ccccc1O. The lowest BCUT2D eigenvalue weighted by atomic mass is 10.1. The van der Waals surface area contributed by atoms with Crippen molar-refractivity contribution >= 4 is 29.3 Å². The Bertz CT molecular complexity index is 767. The minimum Gasteiger partial charge on any atom is -0.506 e. The van der Waals surface area contributed by atoms with E-state index in [1.54, 1.807) is 54.2 Å². The second kappa shape index (κ2) is 9.72. The molecule has 0 saturated heterocycles. The van der Waals surface area contributed by atoms with Gasteiger partial charge in [0.1, 0.15) is 17.5 Å². The Kier molecular flexibility index (Phi) is 7.35. The Hall–Kier alpha value is -2.67. The minimum absolute atomic E-state index is 0.0273. The van der Waals surface area contributed by atoms with Crippen LogP contribution >= 0.6 is 11.8 Å². The Labute approximate surface area is 156 Å². The Morgan fingerprint density at radius 2 is 1.85 bits per heavy atom. The van der Waals surface area contributed by atoms with Crippen molar-refractivity contribution in [2.75, 3.05) is 24.4 Å². The van der Waals surface area contributed by atoms with Gasteiger partial charge < -0.3 is 20.5 Å². The second-order valence-electron chi connectivity index (χ2n) is 5.51. The average Bonchev–Trinajstić information content (AvgIpc) is 2.66. The molecule has 0 radical (unpaired) electrons. The number of para-hydroxylation sites is 3. The van der Waals surface area contributed by atoms with Crippen LogP contribution in [0.1, 0.15) is 16.8 Å². The van der Waals surface area contributed by atoms with Gasteiger partial charge in [-0.3, -0.25) is 9.59 Å². The molecule has 1 unspecified atom stereocenters. The van der Waals surface area contributed by atoms with Gasteiger partial charge in [-0.1, -0.05) is 24.3 Å². The smallest absolute Gasteiger partial charge is 0.255 e. The first-order valence-electron chi connectivity index (χ1n) is 8.08. The number of aromatic hydroxyl groups is 1. The summed E-state index contributed by atoms with van der Waals surface area (Å²) in [4.78, 5) is 25.2. The predicted octanol–water partition coefficient (Wildman–Crippen LogP) is 2.89. The van der Waals surface area contributed by atoms with E-state index in [1.165, 1.54) is 13.2 Å². The molecule has 7 heteroatoms. The van der Waals surface area contributed by atoms with Crippen molar-refractivity contribution in [1.82, 2.24) is 5.32 Å². The molecular weight excluding hydrogens is 352 g/mol. The van der Waals surface area contributed by atoms with Gasteiger partial charge in [-0.05, 0) is 42.7 Å². The molecule has 26 heavy (non-hydrogen) atoms. The van der Waals surface area contributed by atoms with Crippen LogP contribution in [-0.2, 0) is 4.79 Å². The van der Waals surface area contributed by atoms with Crippen LogP contribution in [0.5, 0.6) is 11.5 Å². The number of anilines is 1. The van der Waals surface area contributed by atoms with E-state index in [2.05, 4.69) is 10.6 Å². The summed E-state index contributed by atoms with van der Waals surface area (Å²) >= 11 is 1.58. The molecule has 2 rings (SSSR count). The molecular formula is C19H22N2O4S. The van der Waals surface area contributed by atoms with Crippen LogP contribution < -0.4 is 15.4 Å². The Morgan fingerprint density at radius 1 is 1.15 bits per heavy atom. The van der Waals surface area contributed by atoms with Gasteiger partial charge in [0.25, 0.3) is 5.91 Å². The standard InChI is InChI=1S/C19H22N2O4S/c1-25-17-10-6-3-7-13(17)18(23)21-15(11-12-26-2)19(24)20-14-8-4-5-9-16(14)22/h3-10,15,22H,11-12H2,1-2H3,(H,20,24)(H,21,23). The Morgan fingerprint density at radius 3 is 2.54 bits per heavy atom. The van der Waals surface area contributed by atoms with Gasteiger partial charge in [-0.2, -0.15) is 11.8 Å². The number of ether oxygens (including phenoxy) is 1. The summed E-state index contributed by atoms with van der Waals surface area (Å²) in [5.74, 6) is 0.338. The number of hydrogen-bond acceptors (Lipinski definition) is 5. The van der Waals surface area contributed by atoms with Crippen molar-refractivity contribution in [3.05, 3.63) is 54.1 Å². The number of phenolic OH excluding ortho intramolecular Hbond substituents is 1. The van der Waals surface area contributed by atoms with Crippen LogP contribution in [0.3, 0.4) is 0 Å². The minimum atomic E-state index is -0.737. The molecule has 0 aromatic heterocycles. The average molecular weight is 374 g/mol. The molecule has 0 spiro atoms. The largest absolute Gasteiger partial charge is 0.506 e. The maximum Gasteiger partial charge on any atom is 0.255 e. The van der Waals surface area contributed by atoms with Gasteiger partial charge in [0, 0.05) is 0 Å². The predicted molar refractivity (Wildman–Crippen MR) is 104 cm³/mol. The van der Waals surface area contributed by atoms with Crippen LogP contribution in [0.15, 0.2) is 48.5 Å². The van der Waals surface area contributed by atoms with Crippen LogP contribution in [0.4, 0.5) is 5.69 Å². The van der Waals surface area contributed by atoms with Crippen molar-refractivity contribution in [3.8, 4) is 11.5 Å². The van der Waals surface area contributed by atoms with E-state index in [1.807, 2.05) is 6.26 Å². The zero-order valence-corrected chi connectivity index (χ0v) is 15.5. The third-order valence-corrected chi connectivity index (χ3v) is 4.39. The molecule has 2 amide bonds. The number of nitrogens with one attached hydrogen (secondary N) is 2. The number of methoxy groups -OCH3 is 1. The van der Waals surface area contributed by atoms with E-state index in [9.17, 15) is 14.7 Å². The van der Waals surface area contributed by atoms with E-state index < -0.39 is 6.04 Å². The van der Waals surface area contributed by atoms with Gasteiger partial charge >= 0.3 is 0 Å². The number of carbonyl (C=O) groups excluding carboxylic acids is 2. The number of amides is 2. The molecule has 1 atom stereocenters. The number of phenols is 1. The summed E-state index contributed by atoms with van der Waals surface area (Å²) in [5.41, 5.74) is 0.665. The van der Waals surface area contributed by atoms with Crippen LogP contribution in [-0.4, -0.2) is 42.1 Å². The zero-order valence-electron chi connectivity index (χ0n) is 14.7. The van der Waals surface area contributed by atoms with Gasteiger partial charge in [-0.25, -0.2) is 0 Å². The maximum absolute atomic E-state index is 12.6. The highest BCUT2D eigenvalue weighted by Gasteiger charge is 2.23. The van der Waals surface area contributed by atoms with Crippen molar-refractivity contribution in [2.45, 2.75) is 12.5 Å². The van der Waals surface area contributed by atoms with E-state index in [-0.39, 0.29) is 17.6 Å². The molecule has 0 aliphatic heterocycles. The van der Waals surface area contributed by atoms with Crippen molar-refractivity contribution in [3.63, 3.8) is 0 Å². The molecule has 0 heterocycles. The highest BCUT2D eigenvalue weighted by Crippen LogP contribution is 2.22. The first-order chi connectivity index (χ1) is 12.6. The van der Waals surface area contributed by atoms with Gasteiger partial charge in [0.15, 0.2) is 0 Å². The fourth-order valence-electron chi connectivity index (χ4n) is 2.37. The molecule has 0 aliphatic rings. The zero-order chi connectivity index (χ0) is 18.9. The molecule has 0 saturated carbocycles. The van der Waals surface area contributed by atoms with E-state index in [4.69, 9.17) is 4.74 Å². The lowest BCUT2D eigenvalue weighted by Gasteiger charge is -2.19. The van der Waals surface area contributed by atoms with E-state index in [0.29, 0.717) is 29.2 Å². The van der Waals surface area contributed by atoms with Gasteiger partial charge in [0.05, 0.1) is 18.4 Å². The van der Waals surface area contributed by atoms with Crippen molar-refractivity contribution in [2.24, 2.45) is 0 Å². The van der Waals surface area contributed by atoms with E-state index >= 15 is 0 Å². The summed E-state index contributed by atoms with van der Waals surface area (Å²) < 4.78 is 5.20. The van der Waals surface area contributed by atoms with Crippen LogP contribution in [0.2, 0.25) is 0 Å². The van der Waals surface area contributed by atoms with Crippen molar-refractivity contribution < 1.29 is 19.4 Å². The van der Waals surface area contributed by atoms with Crippen LogP contribution in [0, 0.1) is 0 Å². The normalized spacial score (nSPS) is 11.5. The Balaban J connectivity index is 2.14. The molecule has 0 aliphatic carbocycles. The topological polar surface area (TPSA) is 87.7 Å². The maximum atomic E-state index is 12.6. The fourth-order valence-corrected chi connectivity index (χ4v) is 2.84. The third-order valence-electron chi connectivity index (χ3n) is 3.75. The molecule has 0 bridgehead atoms. The number of hydrogen-bond donors (Lipinski definition) is 3. The fraction of sp³-hybridized carbons (Fsp3) is 0.263. The highest BCUT2D eigenvalue weighted by atomic mass is 32.2. The quantitative estimate of drug-likeness (QED) is 0.619. The molecule has 3 N–H and O–H groups in total. The van der Waals surface area contributed by atoms with Crippen molar-refractivity contribution in [1.29, 1.82) is 0 Å². The number of rotatable bonds is 8. The summed E-state index contributed by atoms with van der Waals surface area (Å²) in [5, 5.41) is 15.2. The molecule has 2 aromatic carbocycles. The molecule has 6 nitrogen and oxygen atoms in total. The van der Waals surface area contributed by atoms with Gasteiger partial charge in [-0.15, -0.1) is 0 Å². The third kappa shape index (κ3) is 5.16. The second-order valence-corrected chi connectivity index (χ2v) is 6.50. The number of benzene rings is 2. The number of carbonyl (C=O) groups is 2. The van der Waals surface area contributed by atoms with Gasteiger partial charge in [0.2, 0.25) is 5.91 Å². The molecule has 0 fully saturated rings. The summed E-state index contributed by atoms with van der Waals surface area (Å²) in [7, 11) is 1.49. The number of thioether (sulfide) groups is 1. The summed E-state index contributed by atoms with van der Waals surface area (Å²) in [6, 6.07) is 12.6.